The molecule has 0 saturated heterocycles. The molecule has 0 unspecified atom stereocenters. The van der Waals surface area contributed by atoms with Crippen LogP contribution in [0.4, 0.5) is 0 Å². The van der Waals surface area contributed by atoms with Gasteiger partial charge in [0.25, 0.3) is 0 Å². The van der Waals surface area contributed by atoms with E-state index in [4.69, 9.17) is 4.74 Å². The number of aromatic amines is 1. The van der Waals surface area contributed by atoms with Gasteiger partial charge in [0.05, 0.1) is 13.3 Å². The zero-order valence-electron chi connectivity index (χ0n) is 10.9. The standard InChI is InChI=1S/C14H19N3O/c1-11-13(10-16-17-11)9-15-8-7-12-5-3-4-6-14(12)18-2/h3-6,10,15H,7-9H2,1-2H3,(H,16,17). The third-order valence-electron chi connectivity index (χ3n) is 3.01. The van der Waals surface area contributed by atoms with Crippen molar-refractivity contribution in [3.8, 4) is 5.75 Å². The van der Waals surface area contributed by atoms with Crippen molar-refractivity contribution in [2.45, 2.75) is 19.9 Å². The van der Waals surface area contributed by atoms with Crippen LogP contribution in [0, 0.1) is 6.92 Å². The van der Waals surface area contributed by atoms with Crippen molar-refractivity contribution in [3.63, 3.8) is 0 Å². The Morgan fingerprint density at radius 2 is 2.11 bits per heavy atom. The topological polar surface area (TPSA) is 49.9 Å². The fourth-order valence-corrected chi connectivity index (χ4v) is 1.91. The van der Waals surface area contributed by atoms with Crippen molar-refractivity contribution in [2.24, 2.45) is 0 Å². The maximum atomic E-state index is 5.32. The number of hydrogen-bond acceptors (Lipinski definition) is 3. The number of ether oxygens (including phenoxy) is 1. The highest BCUT2D eigenvalue weighted by Crippen LogP contribution is 2.17. The van der Waals surface area contributed by atoms with Crippen molar-refractivity contribution < 1.29 is 4.74 Å². The fraction of sp³-hybridized carbons (Fsp3) is 0.357. The van der Waals surface area contributed by atoms with Gasteiger partial charge in [0.15, 0.2) is 0 Å². The van der Waals surface area contributed by atoms with Crippen LogP contribution in [-0.4, -0.2) is 23.9 Å². The van der Waals surface area contributed by atoms with Crippen LogP contribution in [-0.2, 0) is 13.0 Å². The first kappa shape index (κ1) is 12.6. The maximum Gasteiger partial charge on any atom is 0.122 e. The Labute approximate surface area is 107 Å². The molecule has 96 valence electrons. The van der Waals surface area contributed by atoms with E-state index in [1.807, 2.05) is 31.3 Å². The highest BCUT2D eigenvalue weighted by molar-refractivity contribution is 5.33. The van der Waals surface area contributed by atoms with Crippen LogP contribution in [0.1, 0.15) is 16.8 Å². The van der Waals surface area contributed by atoms with E-state index in [0.717, 1.165) is 31.0 Å². The molecule has 1 heterocycles. The number of nitrogens with zero attached hydrogens (tertiary/aromatic N) is 1. The van der Waals surface area contributed by atoms with E-state index in [2.05, 4.69) is 21.6 Å². The Morgan fingerprint density at radius 1 is 1.28 bits per heavy atom. The Bertz CT molecular complexity index is 493. The van der Waals surface area contributed by atoms with Gasteiger partial charge in [-0.15, -0.1) is 0 Å². The lowest BCUT2D eigenvalue weighted by atomic mass is 10.1. The van der Waals surface area contributed by atoms with Crippen LogP contribution in [0.15, 0.2) is 30.5 Å². The molecule has 2 aromatic rings. The second-order valence-electron chi connectivity index (χ2n) is 4.26. The molecule has 0 atom stereocenters. The van der Waals surface area contributed by atoms with Crippen molar-refractivity contribution in [3.05, 3.63) is 47.3 Å². The third-order valence-corrected chi connectivity index (χ3v) is 3.01. The van der Waals surface area contributed by atoms with Crippen LogP contribution in [0.3, 0.4) is 0 Å². The Kier molecular flexibility index (Phi) is 4.36. The number of aromatic nitrogens is 2. The summed E-state index contributed by atoms with van der Waals surface area (Å²) in [5.74, 6) is 0.957. The Balaban J connectivity index is 1.80. The largest absolute Gasteiger partial charge is 0.496 e. The van der Waals surface area contributed by atoms with Gasteiger partial charge in [-0.25, -0.2) is 0 Å². The summed E-state index contributed by atoms with van der Waals surface area (Å²) in [7, 11) is 1.71. The average molecular weight is 245 g/mol. The molecular formula is C14H19N3O. The normalized spacial score (nSPS) is 10.6. The lowest BCUT2D eigenvalue weighted by Gasteiger charge is -2.08. The third kappa shape index (κ3) is 3.11. The minimum atomic E-state index is 0.845. The lowest BCUT2D eigenvalue weighted by Crippen LogP contribution is -2.17. The predicted octanol–water partition coefficient (Wildman–Crippen LogP) is 2.06. The summed E-state index contributed by atoms with van der Waals surface area (Å²) >= 11 is 0. The van der Waals surface area contributed by atoms with Crippen molar-refractivity contribution in [1.29, 1.82) is 0 Å². The molecule has 18 heavy (non-hydrogen) atoms. The molecule has 2 rings (SSSR count). The quantitative estimate of drug-likeness (QED) is 0.766. The molecule has 0 radical (unpaired) electrons. The van der Waals surface area contributed by atoms with Crippen LogP contribution in [0.2, 0.25) is 0 Å². The first-order valence-electron chi connectivity index (χ1n) is 6.12. The van der Waals surface area contributed by atoms with E-state index in [1.54, 1.807) is 7.11 Å². The molecule has 0 spiro atoms. The van der Waals surface area contributed by atoms with Gasteiger partial charge in [-0.2, -0.15) is 5.10 Å². The lowest BCUT2D eigenvalue weighted by molar-refractivity contribution is 0.409. The average Bonchev–Trinajstić information content (AvgIpc) is 2.81. The van der Waals surface area contributed by atoms with Crippen LogP contribution in [0.5, 0.6) is 5.75 Å². The van der Waals surface area contributed by atoms with Crippen LogP contribution < -0.4 is 10.1 Å². The zero-order valence-corrected chi connectivity index (χ0v) is 10.9. The van der Waals surface area contributed by atoms with Gasteiger partial charge in [0.1, 0.15) is 5.75 Å². The summed E-state index contributed by atoms with van der Waals surface area (Å²) in [5, 5.41) is 10.3. The number of para-hydroxylation sites is 1. The first-order chi connectivity index (χ1) is 8.81. The molecular weight excluding hydrogens is 226 g/mol. The number of H-pyrrole nitrogens is 1. The molecule has 0 bridgehead atoms. The second-order valence-corrected chi connectivity index (χ2v) is 4.26. The summed E-state index contributed by atoms with van der Waals surface area (Å²) in [5.41, 5.74) is 3.58. The van der Waals surface area contributed by atoms with Crippen molar-refractivity contribution in [1.82, 2.24) is 15.5 Å². The Hall–Kier alpha value is -1.81. The molecule has 1 aromatic carbocycles. The first-order valence-corrected chi connectivity index (χ1v) is 6.12. The van der Waals surface area contributed by atoms with E-state index < -0.39 is 0 Å². The van der Waals surface area contributed by atoms with E-state index >= 15 is 0 Å². The zero-order chi connectivity index (χ0) is 12.8. The van der Waals surface area contributed by atoms with E-state index in [-0.39, 0.29) is 0 Å². The highest BCUT2D eigenvalue weighted by Gasteiger charge is 2.02. The number of methoxy groups -OCH3 is 1. The molecule has 4 heteroatoms. The molecule has 2 N–H and O–H groups in total. The van der Waals surface area contributed by atoms with Gasteiger partial charge in [-0.05, 0) is 31.5 Å². The van der Waals surface area contributed by atoms with Gasteiger partial charge >= 0.3 is 0 Å². The van der Waals surface area contributed by atoms with Crippen LogP contribution >= 0.6 is 0 Å². The SMILES string of the molecule is COc1ccccc1CCNCc1cn[nH]c1C. The minimum absolute atomic E-state index is 0.845. The summed E-state index contributed by atoms with van der Waals surface area (Å²) in [6.45, 7) is 3.80. The molecule has 0 aliphatic rings. The number of nitrogens with one attached hydrogen (secondary N) is 2. The summed E-state index contributed by atoms with van der Waals surface area (Å²) < 4.78 is 5.32. The van der Waals surface area contributed by atoms with E-state index in [0.29, 0.717) is 0 Å². The smallest absolute Gasteiger partial charge is 0.122 e. The molecule has 0 amide bonds. The summed E-state index contributed by atoms with van der Waals surface area (Å²) in [6.07, 6.45) is 2.83. The van der Waals surface area contributed by atoms with E-state index in [1.165, 1.54) is 11.1 Å². The second kappa shape index (κ2) is 6.21. The molecule has 0 aliphatic heterocycles. The number of benzene rings is 1. The van der Waals surface area contributed by atoms with E-state index in [9.17, 15) is 0 Å². The monoisotopic (exact) mass is 245 g/mol. The van der Waals surface area contributed by atoms with Gasteiger partial charge in [0, 0.05) is 17.8 Å². The molecule has 0 fully saturated rings. The van der Waals surface area contributed by atoms with Crippen molar-refractivity contribution in [2.75, 3.05) is 13.7 Å². The number of rotatable bonds is 6. The molecule has 1 aromatic heterocycles. The minimum Gasteiger partial charge on any atom is -0.496 e. The molecule has 0 aliphatic carbocycles. The highest BCUT2D eigenvalue weighted by atomic mass is 16.5. The van der Waals surface area contributed by atoms with Gasteiger partial charge in [-0.1, -0.05) is 18.2 Å². The van der Waals surface area contributed by atoms with Crippen molar-refractivity contribution >= 4 is 0 Å². The predicted molar refractivity (Wildman–Crippen MR) is 71.7 cm³/mol. The molecule has 0 saturated carbocycles. The van der Waals surface area contributed by atoms with Gasteiger partial charge < -0.3 is 10.1 Å². The fourth-order valence-electron chi connectivity index (χ4n) is 1.91. The maximum absolute atomic E-state index is 5.32. The molecule has 4 nitrogen and oxygen atoms in total. The van der Waals surface area contributed by atoms with Gasteiger partial charge in [0.2, 0.25) is 0 Å². The Morgan fingerprint density at radius 3 is 2.83 bits per heavy atom. The summed E-state index contributed by atoms with van der Waals surface area (Å²) in [6, 6.07) is 8.13. The van der Waals surface area contributed by atoms with Gasteiger partial charge in [-0.3, -0.25) is 5.10 Å². The summed E-state index contributed by atoms with van der Waals surface area (Å²) in [4.78, 5) is 0. The number of hydrogen-bond donors (Lipinski definition) is 2. The number of aryl methyl sites for hydroxylation is 1. The van der Waals surface area contributed by atoms with Crippen LogP contribution in [0.25, 0.3) is 0 Å².